The molecule has 0 aliphatic rings. The summed E-state index contributed by atoms with van der Waals surface area (Å²) >= 11 is 0. The molecular formula is C5H7NO2. The summed E-state index contributed by atoms with van der Waals surface area (Å²) in [5.74, 6) is 3.02. The number of aliphatic carboxylic acids is 1. The fourth-order valence-corrected chi connectivity index (χ4v) is 0.176. The van der Waals surface area contributed by atoms with E-state index in [0.29, 0.717) is 0 Å². The van der Waals surface area contributed by atoms with E-state index in [1.807, 2.05) is 5.92 Å². The average Bonchev–Trinajstić information content (AvgIpc) is 1.61. The third kappa shape index (κ3) is 4.99. The monoisotopic (exact) mass is 113 g/mol. The van der Waals surface area contributed by atoms with Crippen LogP contribution < -0.4 is 5.73 Å². The van der Waals surface area contributed by atoms with Gasteiger partial charge in [0.05, 0.1) is 6.04 Å². The first-order chi connectivity index (χ1) is 3.63. The van der Waals surface area contributed by atoms with Crippen LogP contribution in [-0.4, -0.2) is 17.1 Å². The summed E-state index contributed by atoms with van der Waals surface area (Å²) in [4.78, 5) is 9.67. The highest BCUT2D eigenvalue weighted by atomic mass is 16.4. The van der Waals surface area contributed by atoms with Crippen molar-refractivity contribution in [3.05, 3.63) is 0 Å². The van der Waals surface area contributed by atoms with E-state index in [1.165, 1.54) is 0 Å². The van der Waals surface area contributed by atoms with Crippen molar-refractivity contribution in [2.75, 3.05) is 0 Å². The summed E-state index contributed by atoms with van der Waals surface area (Å²) in [5.41, 5.74) is 5.10. The molecule has 0 amide bonds. The number of hydrogen-bond acceptors (Lipinski definition) is 2. The first-order valence-electron chi connectivity index (χ1n) is 2.13. The Labute approximate surface area is 47.5 Å². The van der Waals surface area contributed by atoms with E-state index in [-0.39, 0.29) is 6.04 Å². The molecule has 0 rings (SSSR count). The van der Waals surface area contributed by atoms with Crippen LogP contribution in [-0.2, 0) is 4.79 Å². The topological polar surface area (TPSA) is 63.3 Å². The van der Waals surface area contributed by atoms with Crippen molar-refractivity contribution in [3.63, 3.8) is 0 Å². The molecule has 0 radical (unpaired) electrons. The van der Waals surface area contributed by atoms with Crippen LogP contribution in [0.25, 0.3) is 0 Å². The van der Waals surface area contributed by atoms with Gasteiger partial charge in [-0.25, -0.2) is 4.79 Å². The zero-order chi connectivity index (χ0) is 6.57. The first-order valence-corrected chi connectivity index (χ1v) is 2.13. The summed E-state index contributed by atoms with van der Waals surface area (Å²) in [5, 5.41) is 7.93. The molecule has 0 heterocycles. The van der Waals surface area contributed by atoms with Gasteiger partial charge in [0.15, 0.2) is 0 Å². The zero-order valence-electron chi connectivity index (χ0n) is 4.51. The smallest absolute Gasteiger partial charge is 0.381 e. The van der Waals surface area contributed by atoms with E-state index in [0.717, 1.165) is 0 Å². The Morgan fingerprint density at radius 3 is 2.50 bits per heavy atom. The number of rotatable bonds is 0. The highest BCUT2D eigenvalue weighted by molar-refractivity contribution is 5.86. The molecule has 0 aliphatic carbocycles. The van der Waals surface area contributed by atoms with Gasteiger partial charge in [-0.15, -0.1) is 0 Å². The lowest BCUT2D eigenvalue weighted by Gasteiger charge is -1.84. The lowest BCUT2D eigenvalue weighted by molar-refractivity contribution is -0.130. The van der Waals surface area contributed by atoms with Crippen molar-refractivity contribution in [1.82, 2.24) is 0 Å². The van der Waals surface area contributed by atoms with Crippen LogP contribution in [0.5, 0.6) is 0 Å². The molecule has 3 heteroatoms. The van der Waals surface area contributed by atoms with Gasteiger partial charge in [0.1, 0.15) is 0 Å². The molecule has 0 fully saturated rings. The van der Waals surface area contributed by atoms with Crippen LogP contribution >= 0.6 is 0 Å². The predicted octanol–water partition coefficient (Wildman–Crippen LogP) is -0.578. The van der Waals surface area contributed by atoms with Crippen molar-refractivity contribution in [3.8, 4) is 11.8 Å². The molecular weight excluding hydrogens is 106 g/mol. The molecule has 0 aromatic carbocycles. The second-order valence-corrected chi connectivity index (χ2v) is 1.36. The van der Waals surface area contributed by atoms with E-state index in [4.69, 9.17) is 10.8 Å². The van der Waals surface area contributed by atoms with Gasteiger partial charge in [0, 0.05) is 5.92 Å². The van der Waals surface area contributed by atoms with Crippen molar-refractivity contribution < 1.29 is 9.90 Å². The van der Waals surface area contributed by atoms with E-state index < -0.39 is 5.97 Å². The van der Waals surface area contributed by atoms with Gasteiger partial charge in [-0.1, -0.05) is 5.92 Å². The lowest BCUT2D eigenvalue weighted by atomic mass is 10.4. The molecule has 8 heavy (non-hydrogen) atoms. The maximum atomic E-state index is 9.67. The second kappa shape index (κ2) is 3.05. The minimum atomic E-state index is -1.14. The summed E-state index contributed by atoms with van der Waals surface area (Å²) in [6.07, 6.45) is 0. The third-order valence-electron chi connectivity index (χ3n) is 0.407. The molecule has 1 unspecified atom stereocenters. The Hall–Kier alpha value is -1.01. The van der Waals surface area contributed by atoms with E-state index in [2.05, 4.69) is 5.92 Å². The van der Waals surface area contributed by atoms with Gasteiger partial charge >= 0.3 is 5.97 Å². The molecule has 3 nitrogen and oxygen atoms in total. The number of hydrogen-bond donors (Lipinski definition) is 2. The summed E-state index contributed by atoms with van der Waals surface area (Å²) in [6, 6.07) is -0.355. The Balaban J connectivity index is 3.68. The Kier molecular flexibility index (Phi) is 2.67. The van der Waals surface area contributed by atoms with Crippen LogP contribution in [0.1, 0.15) is 6.92 Å². The summed E-state index contributed by atoms with van der Waals surface area (Å²) in [7, 11) is 0. The Morgan fingerprint density at radius 1 is 1.88 bits per heavy atom. The molecule has 1 atom stereocenters. The molecule has 0 saturated carbocycles. The molecule has 0 aromatic rings. The molecule has 0 bridgehead atoms. The van der Waals surface area contributed by atoms with Gasteiger partial charge in [0.25, 0.3) is 0 Å². The second-order valence-electron chi connectivity index (χ2n) is 1.36. The van der Waals surface area contributed by atoms with Crippen molar-refractivity contribution in [1.29, 1.82) is 0 Å². The number of nitrogens with two attached hydrogens (primary N) is 1. The Bertz CT molecular complexity index is 140. The largest absolute Gasteiger partial charge is 0.472 e. The Morgan fingerprint density at radius 2 is 2.38 bits per heavy atom. The fourth-order valence-electron chi connectivity index (χ4n) is 0.176. The third-order valence-corrected chi connectivity index (χ3v) is 0.407. The van der Waals surface area contributed by atoms with Crippen molar-refractivity contribution in [2.24, 2.45) is 5.73 Å². The molecule has 0 spiro atoms. The maximum absolute atomic E-state index is 9.67. The van der Waals surface area contributed by atoms with Crippen molar-refractivity contribution in [2.45, 2.75) is 13.0 Å². The van der Waals surface area contributed by atoms with Crippen molar-refractivity contribution >= 4 is 5.97 Å². The molecule has 3 N–H and O–H groups in total. The minimum absolute atomic E-state index is 0.355. The van der Waals surface area contributed by atoms with E-state index >= 15 is 0 Å². The first kappa shape index (κ1) is 6.99. The summed E-state index contributed by atoms with van der Waals surface area (Å²) < 4.78 is 0. The fraction of sp³-hybridized carbons (Fsp3) is 0.400. The summed E-state index contributed by atoms with van der Waals surface area (Å²) in [6.45, 7) is 1.62. The molecule has 0 saturated heterocycles. The molecule has 44 valence electrons. The van der Waals surface area contributed by atoms with Crippen LogP contribution in [0, 0.1) is 11.8 Å². The average molecular weight is 113 g/mol. The normalized spacial score (nSPS) is 11.2. The maximum Gasteiger partial charge on any atom is 0.381 e. The van der Waals surface area contributed by atoms with E-state index in [9.17, 15) is 4.79 Å². The van der Waals surface area contributed by atoms with Gasteiger partial charge in [-0.05, 0) is 6.92 Å². The minimum Gasteiger partial charge on any atom is -0.472 e. The van der Waals surface area contributed by atoms with Crippen LogP contribution in [0.3, 0.4) is 0 Å². The highest BCUT2D eigenvalue weighted by Gasteiger charge is 1.84. The van der Waals surface area contributed by atoms with Crippen LogP contribution in [0.4, 0.5) is 0 Å². The standard InChI is InChI=1S/C5H7NO2/c1-4(6)2-3-5(7)8/h4H,6H2,1H3,(H,7,8). The SMILES string of the molecule is CC(N)C#CC(=O)O. The van der Waals surface area contributed by atoms with E-state index in [1.54, 1.807) is 6.92 Å². The quantitative estimate of drug-likeness (QED) is 0.413. The highest BCUT2D eigenvalue weighted by Crippen LogP contribution is 1.66. The molecule has 0 aliphatic heterocycles. The van der Waals surface area contributed by atoms with Gasteiger partial charge in [-0.3, -0.25) is 0 Å². The van der Waals surface area contributed by atoms with Gasteiger partial charge < -0.3 is 10.8 Å². The van der Waals surface area contributed by atoms with Crippen LogP contribution in [0.15, 0.2) is 0 Å². The lowest BCUT2D eigenvalue weighted by Crippen LogP contribution is -2.11. The predicted molar refractivity (Wildman–Crippen MR) is 29.1 cm³/mol. The zero-order valence-corrected chi connectivity index (χ0v) is 4.51. The van der Waals surface area contributed by atoms with Gasteiger partial charge in [0.2, 0.25) is 0 Å². The number of carbonyl (C=O) groups is 1. The van der Waals surface area contributed by atoms with Crippen LogP contribution in [0.2, 0.25) is 0 Å². The molecule has 0 aromatic heterocycles. The number of carboxylic acid groups (broad SMARTS) is 1. The van der Waals surface area contributed by atoms with Gasteiger partial charge in [-0.2, -0.15) is 0 Å². The number of carboxylic acids is 1.